The van der Waals surface area contributed by atoms with Gasteiger partial charge in [-0.1, -0.05) is 48.5 Å². The van der Waals surface area contributed by atoms with Gasteiger partial charge in [-0.05, 0) is 36.1 Å². The van der Waals surface area contributed by atoms with Crippen LogP contribution in [0.2, 0.25) is 0 Å². The standard InChI is InChI=1S/C25H26N2O8/c1-25(2,23(30)31)27-22(29)15-34-12-11-33-14-21(28)26-24(32)35-13-20-18-9-5-3-7-16(18)17-8-4-6-10-19(17)20/h3-12,20H,13-15H2,1-2H3,(H,27,29)(H,30,31)(H,26,28,32). The summed E-state index contributed by atoms with van der Waals surface area (Å²) < 4.78 is 15.1. The first-order valence-corrected chi connectivity index (χ1v) is 10.8. The molecule has 0 heterocycles. The van der Waals surface area contributed by atoms with Gasteiger partial charge in [0.05, 0.1) is 0 Å². The highest BCUT2D eigenvalue weighted by Crippen LogP contribution is 2.44. The fourth-order valence-corrected chi connectivity index (χ4v) is 3.55. The monoisotopic (exact) mass is 482 g/mol. The topological polar surface area (TPSA) is 140 Å². The molecule has 0 fully saturated rings. The summed E-state index contributed by atoms with van der Waals surface area (Å²) in [7, 11) is 0. The van der Waals surface area contributed by atoms with Crippen LogP contribution in [0, 0.1) is 0 Å². The SMILES string of the molecule is CC(C)(NC(=O)COC=COCC(=O)NC(=O)OCC1c2ccccc2-c2ccccc21)C(=O)O. The lowest BCUT2D eigenvalue weighted by Gasteiger charge is -2.20. The van der Waals surface area contributed by atoms with Gasteiger partial charge >= 0.3 is 12.1 Å². The highest BCUT2D eigenvalue weighted by Gasteiger charge is 2.30. The number of aliphatic carboxylic acids is 1. The van der Waals surface area contributed by atoms with Gasteiger partial charge in [0, 0.05) is 5.92 Å². The maximum atomic E-state index is 12.1. The third-order valence-corrected chi connectivity index (χ3v) is 5.25. The Morgan fingerprint density at radius 2 is 1.40 bits per heavy atom. The lowest BCUT2D eigenvalue weighted by Crippen LogP contribution is -2.50. The van der Waals surface area contributed by atoms with Crippen LogP contribution in [0.4, 0.5) is 4.79 Å². The van der Waals surface area contributed by atoms with E-state index in [0.717, 1.165) is 34.8 Å². The third-order valence-electron chi connectivity index (χ3n) is 5.25. The second-order valence-corrected chi connectivity index (χ2v) is 8.25. The number of rotatable bonds is 10. The molecule has 1 aliphatic carbocycles. The number of carbonyl (C=O) groups is 4. The molecule has 1 aliphatic rings. The quantitative estimate of drug-likeness (QED) is 0.439. The van der Waals surface area contributed by atoms with Crippen LogP contribution in [0.1, 0.15) is 30.9 Å². The van der Waals surface area contributed by atoms with E-state index in [-0.39, 0.29) is 12.5 Å². The largest absolute Gasteiger partial charge is 0.488 e. The second-order valence-electron chi connectivity index (χ2n) is 8.25. The van der Waals surface area contributed by atoms with Crippen molar-refractivity contribution in [3.63, 3.8) is 0 Å². The molecule has 2 aromatic carbocycles. The second kappa shape index (κ2) is 11.2. The van der Waals surface area contributed by atoms with Crippen LogP contribution in [0.3, 0.4) is 0 Å². The summed E-state index contributed by atoms with van der Waals surface area (Å²) in [5.41, 5.74) is 2.87. The summed E-state index contributed by atoms with van der Waals surface area (Å²) in [6.45, 7) is 1.82. The zero-order valence-electron chi connectivity index (χ0n) is 19.3. The molecule has 3 rings (SSSR count). The molecule has 0 bridgehead atoms. The Labute approximate surface area is 201 Å². The van der Waals surface area contributed by atoms with Gasteiger partial charge in [-0.3, -0.25) is 14.9 Å². The molecule has 3 amide bonds. The number of hydrogen-bond donors (Lipinski definition) is 3. The average molecular weight is 482 g/mol. The fraction of sp³-hybridized carbons (Fsp3) is 0.280. The molecule has 0 atom stereocenters. The molecule has 2 aromatic rings. The number of ether oxygens (including phenoxy) is 3. The summed E-state index contributed by atoms with van der Waals surface area (Å²) in [6.07, 6.45) is 1.15. The maximum Gasteiger partial charge on any atom is 0.413 e. The maximum absolute atomic E-state index is 12.1. The van der Waals surface area contributed by atoms with Crippen molar-refractivity contribution in [2.75, 3.05) is 19.8 Å². The fourth-order valence-electron chi connectivity index (χ4n) is 3.55. The molecule has 0 saturated heterocycles. The minimum absolute atomic E-state index is 0.0719. The number of carbonyl (C=O) groups excluding carboxylic acids is 3. The van der Waals surface area contributed by atoms with E-state index < -0.39 is 42.6 Å². The van der Waals surface area contributed by atoms with E-state index in [4.69, 9.17) is 19.3 Å². The summed E-state index contributed by atoms with van der Waals surface area (Å²) in [5, 5.41) is 13.3. The van der Waals surface area contributed by atoms with Gasteiger partial charge in [0.2, 0.25) is 0 Å². The number of amides is 3. The normalized spacial score (nSPS) is 12.4. The van der Waals surface area contributed by atoms with Crippen molar-refractivity contribution in [1.82, 2.24) is 10.6 Å². The van der Waals surface area contributed by atoms with Gasteiger partial charge < -0.3 is 24.6 Å². The third kappa shape index (κ3) is 6.59. The van der Waals surface area contributed by atoms with E-state index in [0.29, 0.717) is 0 Å². The van der Waals surface area contributed by atoms with Crippen LogP contribution in [0.15, 0.2) is 61.1 Å². The van der Waals surface area contributed by atoms with Crippen molar-refractivity contribution in [2.45, 2.75) is 25.3 Å². The summed E-state index contributed by atoms with van der Waals surface area (Å²) in [4.78, 5) is 46.5. The highest BCUT2D eigenvalue weighted by atomic mass is 16.6. The van der Waals surface area contributed by atoms with Crippen molar-refractivity contribution in [3.05, 3.63) is 72.2 Å². The molecule has 0 aliphatic heterocycles. The molecule has 3 N–H and O–H groups in total. The van der Waals surface area contributed by atoms with Gasteiger partial charge in [-0.15, -0.1) is 0 Å². The Morgan fingerprint density at radius 3 is 1.94 bits per heavy atom. The van der Waals surface area contributed by atoms with Gasteiger partial charge in [0.15, 0.2) is 13.2 Å². The predicted octanol–water partition coefficient (Wildman–Crippen LogP) is 2.54. The Kier molecular flexibility index (Phi) is 8.08. The number of alkyl carbamates (subject to hydrolysis) is 1. The van der Waals surface area contributed by atoms with Crippen molar-refractivity contribution in [2.24, 2.45) is 0 Å². The highest BCUT2D eigenvalue weighted by molar-refractivity contribution is 5.92. The van der Waals surface area contributed by atoms with Crippen molar-refractivity contribution >= 4 is 23.9 Å². The molecule has 10 nitrogen and oxygen atoms in total. The minimum atomic E-state index is -1.43. The first-order valence-electron chi connectivity index (χ1n) is 10.8. The predicted molar refractivity (Wildman–Crippen MR) is 124 cm³/mol. The van der Waals surface area contributed by atoms with Crippen LogP contribution < -0.4 is 10.6 Å². The van der Waals surface area contributed by atoms with E-state index >= 15 is 0 Å². The molecule has 10 heteroatoms. The van der Waals surface area contributed by atoms with Gasteiger partial charge in [0.25, 0.3) is 11.8 Å². The van der Waals surface area contributed by atoms with E-state index in [1.807, 2.05) is 48.5 Å². The number of benzene rings is 2. The minimum Gasteiger partial charge on any atom is -0.488 e. The summed E-state index contributed by atoms with van der Waals surface area (Å²) >= 11 is 0. The molecule has 0 unspecified atom stereocenters. The number of fused-ring (bicyclic) bond motifs is 3. The Balaban J connectivity index is 1.37. The van der Waals surface area contributed by atoms with E-state index in [1.165, 1.54) is 13.8 Å². The lowest BCUT2D eigenvalue weighted by molar-refractivity contribution is -0.146. The zero-order valence-corrected chi connectivity index (χ0v) is 19.3. The smallest absolute Gasteiger partial charge is 0.413 e. The van der Waals surface area contributed by atoms with Gasteiger partial charge in [-0.25, -0.2) is 9.59 Å². The molecule has 35 heavy (non-hydrogen) atoms. The van der Waals surface area contributed by atoms with Gasteiger partial charge in [-0.2, -0.15) is 0 Å². The number of carboxylic acids is 1. The van der Waals surface area contributed by atoms with Crippen LogP contribution in [-0.4, -0.2) is 54.3 Å². The van der Waals surface area contributed by atoms with Crippen molar-refractivity contribution in [3.8, 4) is 11.1 Å². The first kappa shape index (κ1) is 25.3. The summed E-state index contributed by atoms with van der Waals surface area (Å²) in [6, 6.07) is 15.8. The average Bonchev–Trinajstić information content (AvgIpc) is 3.13. The van der Waals surface area contributed by atoms with Crippen LogP contribution in [-0.2, 0) is 28.6 Å². The molecule has 0 saturated carbocycles. The molecule has 184 valence electrons. The Morgan fingerprint density at radius 1 is 0.886 bits per heavy atom. The summed E-state index contributed by atoms with van der Waals surface area (Å²) in [5.74, 6) is -2.69. The van der Waals surface area contributed by atoms with Crippen LogP contribution >= 0.6 is 0 Å². The van der Waals surface area contributed by atoms with Crippen molar-refractivity contribution < 1.29 is 38.5 Å². The molecular weight excluding hydrogens is 456 g/mol. The number of nitrogens with one attached hydrogen (secondary N) is 2. The zero-order chi connectivity index (χ0) is 25.4. The number of hydrogen-bond acceptors (Lipinski definition) is 7. The number of carboxylic acid groups (broad SMARTS) is 1. The Bertz CT molecular complexity index is 1100. The van der Waals surface area contributed by atoms with E-state index in [9.17, 15) is 19.2 Å². The molecular formula is C25H26N2O8. The Hall–Kier alpha value is -4.34. The molecule has 0 aromatic heterocycles. The van der Waals surface area contributed by atoms with Gasteiger partial charge in [0.1, 0.15) is 24.7 Å². The molecule has 0 spiro atoms. The molecule has 0 radical (unpaired) electrons. The van der Waals surface area contributed by atoms with Crippen LogP contribution in [0.25, 0.3) is 11.1 Å². The first-order chi connectivity index (χ1) is 16.7. The van der Waals surface area contributed by atoms with E-state index in [2.05, 4.69) is 10.6 Å². The van der Waals surface area contributed by atoms with Crippen LogP contribution in [0.5, 0.6) is 0 Å². The van der Waals surface area contributed by atoms with E-state index in [1.54, 1.807) is 0 Å². The van der Waals surface area contributed by atoms with Crippen molar-refractivity contribution in [1.29, 1.82) is 0 Å². The number of imide groups is 1. The lowest BCUT2D eigenvalue weighted by atomic mass is 9.98.